The number of hydrogen-bond donors (Lipinski definition) is 2. The molecule has 0 saturated carbocycles. The topological polar surface area (TPSA) is 105 Å². The Kier molecular flexibility index (Phi) is 6.28. The third-order valence-corrected chi connectivity index (χ3v) is 8.29. The zero-order chi connectivity index (χ0) is 27.0. The van der Waals surface area contributed by atoms with Gasteiger partial charge in [-0.15, -0.1) is 0 Å². The van der Waals surface area contributed by atoms with Crippen LogP contribution in [0.25, 0.3) is 11.1 Å². The van der Waals surface area contributed by atoms with E-state index in [0.717, 1.165) is 32.1 Å². The van der Waals surface area contributed by atoms with Gasteiger partial charge < -0.3 is 10.1 Å². The van der Waals surface area contributed by atoms with E-state index < -0.39 is 16.1 Å². The molecule has 8 nitrogen and oxygen atoms in total. The minimum Gasteiger partial charge on any atom is -0.487 e. The van der Waals surface area contributed by atoms with Gasteiger partial charge in [-0.05, 0) is 52.4 Å². The lowest BCUT2D eigenvalue weighted by Crippen LogP contribution is -2.30. The standard InChI is InChI=1S/C30H25N3O5S/c34-29-18-33(39(36,37)32-29)27-15-14-21(17-28(27)38-19-20-8-2-1-3-9-20)16-26-24-12-6-4-10-22(24)23-11-5-7-13-25(23)30(35)31-26/h1-15,17,26H,16,18-19H2,(H,31,35)(H,32,34). The van der Waals surface area contributed by atoms with Gasteiger partial charge in [0.05, 0.1) is 11.7 Å². The number of anilines is 1. The van der Waals surface area contributed by atoms with Crippen molar-refractivity contribution in [3.63, 3.8) is 0 Å². The Morgan fingerprint density at radius 3 is 2.23 bits per heavy atom. The highest BCUT2D eigenvalue weighted by atomic mass is 32.2. The molecular weight excluding hydrogens is 514 g/mol. The molecule has 2 aliphatic rings. The summed E-state index contributed by atoms with van der Waals surface area (Å²) in [6.45, 7) is -0.113. The molecule has 0 aliphatic carbocycles. The molecule has 4 aromatic carbocycles. The van der Waals surface area contributed by atoms with Crippen LogP contribution in [-0.2, 0) is 28.0 Å². The summed E-state index contributed by atoms with van der Waals surface area (Å²) in [5.74, 6) is -0.435. The zero-order valence-electron chi connectivity index (χ0n) is 20.8. The zero-order valence-corrected chi connectivity index (χ0v) is 21.6. The van der Waals surface area contributed by atoms with Crippen LogP contribution in [0.5, 0.6) is 5.75 Å². The van der Waals surface area contributed by atoms with E-state index in [1.165, 1.54) is 0 Å². The van der Waals surface area contributed by atoms with Crippen LogP contribution in [0.3, 0.4) is 0 Å². The van der Waals surface area contributed by atoms with Gasteiger partial charge in [0.25, 0.3) is 11.8 Å². The van der Waals surface area contributed by atoms with Crippen molar-refractivity contribution >= 4 is 27.7 Å². The Morgan fingerprint density at radius 1 is 0.795 bits per heavy atom. The van der Waals surface area contributed by atoms with Crippen molar-refractivity contribution in [1.82, 2.24) is 10.0 Å². The second-order valence-electron chi connectivity index (χ2n) is 9.48. The molecule has 1 saturated heterocycles. The molecule has 0 radical (unpaired) electrons. The number of fused-ring (bicyclic) bond motifs is 3. The Hall–Kier alpha value is -4.63. The molecule has 0 bridgehead atoms. The fourth-order valence-electron chi connectivity index (χ4n) is 5.08. The van der Waals surface area contributed by atoms with Gasteiger partial charge in [0.2, 0.25) is 0 Å². The van der Waals surface area contributed by atoms with Crippen molar-refractivity contribution in [1.29, 1.82) is 0 Å². The molecule has 2 N–H and O–H groups in total. The first kappa shape index (κ1) is 24.7. The molecule has 39 heavy (non-hydrogen) atoms. The van der Waals surface area contributed by atoms with E-state index in [1.54, 1.807) is 18.2 Å². The highest BCUT2D eigenvalue weighted by Gasteiger charge is 2.36. The van der Waals surface area contributed by atoms with Crippen LogP contribution in [0.1, 0.15) is 33.1 Å². The van der Waals surface area contributed by atoms with Gasteiger partial charge in [-0.25, -0.2) is 9.03 Å². The Labute approximate surface area is 226 Å². The van der Waals surface area contributed by atoms with Gasteiger partial charge in [-0.2, -0.15) is 8.42 Å². The van der Waals surface area contributed by atoms with Crippen LogP contribution in [0, 0.1) is 0 Å². The van der Waals surface area contributed by atoms with Crippen molar-refractivity contribution in [2.45, 2.75) is 19.1 Å². The Morgan fingerprint density at radius 2 is 1.49 bits per heavy atom. The van der Waals surface area contributed by atoms with E-state index >= 15 is 0 Å². The number of carbonyl (C=O) groups is 2. The number of rotatable bonds is 6. The minimum absolute atomic E-state index is 0.156. The molecule has 0 spiro atoms. The summed E-state index contributed by atoms with van der Waals surface area (Å²) in [5.41, 5.74) is 5.49. The maximum absolute atomic E-state index is 13.2. The number of nitrogens with zero attached hydrogens (tertiary/aromatic N) is 1. The first-order valence-electron chi connectivity index (χ1n) is 12.5. The van der Waals surface area contributed by atoms with Gasteiger partial charge in [-0.3, -0.25) is 9.59 Å². The van der Waals surface area contributed by atoms with Crippen LogP contribution in [0.15, 0.2) is 97.1 Å². The first-order valence-corrected chi connectivity index (χ1v) is 14.0. The fourth-order valence-corrected chi connectivity index (χ4v) is 6.24. The molecule has 1 fully saturated rings. The average Bonchev–Trinajstić information content (AvgIpc) is 3.16. The van der Waals surface area contributed by atoms with Crippen LogP contribution < -0.4 is 19.1 Å². The van der Waals surface area contributed by atoms with Crippen LogP contribution in [0.2, 0.25) is 0 Å². The lowest BCUT2D eigenvalue weighted by molar-refractivity contribution is -0.117. The quantitative estimate of drug-likeness (QED) is 0.383. The van der Waals surface area contributed by atoms with Gasteiger partial charge in [0.1, 0.15) is 18.9 Å². The van der Waals surface area contributed by atoms with E-state index in [9.17, 15) is 18.0 Å². The predicted octanol–water partition coefficient (Wildman–Crippen LogP) is 4.14. The molecule has 1 atom stereocenters. The molecule has 2 amide bonds. The Balaban J connectivity index is 1.36. The number of amides is 2. The third kappa shape index (κ3) is 4.84. The van der Waals surface area contributed by atoms with Crippen molar-refractivity contribution in [3.05, 3.63) is 119 Å². The summed E-state index contributed by atoms with van der Waals surface area (Å²) in [6.07, 6.45) is 0.447. The lowest BCUT2D eigenvalue weighted by atomic mass is 9.91. The molecule has 196 valence electrons. The molecular formula is C30H25N3O5S. The summed E-state index contributed by atoms with van der Waals surface area (Å²) in [7, 11) is -4.02. The van der Waals surface area contributed by atoms with Crippen LogP contribution in [-0.4, -0.2) is 26.8 Å². The summed E-state index contributed by atoms with van der Waals surface area (Å²) in [4.78, 5) is 25.1. The molecule has 4 aromatic rings. The predicted molar refractivity (Wildman–Crippen MR) is 147 cm³/mol. The van der Waals surface area contributed by atoms with E-state index in [4.69, 9.17) is 4.74 Å². The largest absolute Gasteiger partial charge is 0.487 e. The van der Waals surface area contributed by atoms with Gasteiger partial charge in [-0.1, -0.05) is 78.9 Å². The maximum Gasteiger partial charge on any atom is 0.326 e. The van der Waals surface area contributed by atoms with Crippen LogP contribution in [0.4, 0.5) is 5.69 Å². The molecule has 2 aliphatic heterocycles. The second-order valence-corrected chi connectivity index (χ2v) is 11.1. The highest BCUT2D eigenvalue weighted by Crippen LogP contribution is 2.38. The molecule has 9 heteroatoms. The van der Waals surface area contributed by atoms with E-state index in [0.29, 0.717) is 17.7 Å². The molecule has 0 aromatic heterocycles. The maximum atomic E-state index is 13.2. The number of carbonyl (C=O) groups excluding carboxylic acids is 2. The van der Waals surface area contributed by atoms with E-state index in [2.05, 4.69) is 5.32 Å². The smallest absolute Gasteiger partial charge is 0.326 e. The van der Waals surface area contributed by atoms with Crippen molar-refractivity contribution < 1.29 is 22.7 Å². The first-order chi connectivity index (χ1) is 18.9. The summed E-state index contributed by atoms with van der Waals surface area (Å²) in [5, 5.41) is 3.16. The van der Waals surface area contributed by atoms with Gasteiger partial charge in [0.15, 0.2) is 0 Å². The number of benzene rings is 4. The van der Waals surface area contributed by atoms with Crippen molar-refractivity contribution in [3.8, 4) is 16.9 Å². The fraction of sp³-hybridized carbons (Fsp3) is 0.133. The molecule has 6 rings (SSSR count). The van der Waals surface area contributed by atoms with Crippen LogP contribution >= 0.6 is 0 Å². The number of ether oxygens (including phenoxy) is 1. The number of hydrogen-bond acceptors (Lipinski definition) is 5. The molecule has 2 heterocycles. The average molecular weight is 540 g/mol. The Bertz CT molecular complexity index is 1690. The van der Waals surface area contributed by atoms with Crippen molar-refractivity contribution in [2.75, 3.05) is 10.8 Å². The van der Waals surface area contributed by atoms with Crippen molar-refractivity contribution in [2.24, 2.45) is 0 Å². The molecule has 1 unspecified atom stereocenters. The van der Waals surface area contributed by atoms with Gasteiger partial charge in [0, 0.05) is 5.56 Å². The normalized spacial score (nSPS) is 17.4. The number of nitrogens with one attached hydrogen (secondary N) is 2. The second kappa shape index (κ2) is 9.92. The lowest BCUT2D eigenvalue weighted by Gasteiger charge is -2.22. The van der Waals surface area contributed by atoms with E-state index in [1.807, 2.05) is 83.6 Å². The third-order valence-electron chi connectivity index (χ3n) is 6.89. The van der Waals surface area contributed by atoms with E-state index in [-0.39, 0.29) is 30.8 Å². The SMILES string of the molecule is O=C1CN(c2ccc(CC3NC(=O)c4ccccc4-c4ccccc43)cc2OCc2ccccc2)S(=O)(=O)N1. The summed E-state index contributed by atoms with van der Waals surface area (Å²) >= 11 is 0. The summed E-state index contributed by atoms with van der Waals surface area (Å²) in [6, 6.07) is 29.9. The minimum atomic E-state index is -4.02. The summed E-state index contributed by atoms with van der Waals surface area (Å²) < 4.78 is 34.4. The monoisotopic (exact) mass is 539 g/mol. The highest BCUT2D eigenvalue weighted by molar-refractivity contribution is 7.92. The van der Waals surface area contributed by atoms with Gasteiger partial charge >= 0.3 is 10.2 Å².